The third-order valence-electron chi connectivity index (χ3n) is 5.26. The van der Waals surface area contributed by atoms with Crippen molar-refractivity contribution in [3.63, 3.8) is 0 Å². The van der Waals surface area contributed by atoms with Crippen LogP contribution in [-0.2, 0) is 19.6 Å². The van der Waals surface area contributed by atoms with E-state index in [9.17, 15) is 4.79 Å². The van der Waals surface area contributed by atoms with E-state index in [0.717, 1.165) is 40.0 Å². The van der Waals surface area contributed by atoms with Gasteiger partial charge in [0, 0.05) is 42.4 Å². The van der Waals surface area contributed by atoms with Crippen LogP contribution < -0.4 is 4.74 Å². The third-order valence-corrected chi connectivity index (χ3v) is 5.26. The number of hydrogen-bond acceptors (Lipinski definition) is 4. The van der Waals surface area contributed by atoms with Crippen LogP contribution >= 0.6 is 0 Å². The molecule has 1 aliphatic rings. The number of benzene rings is 2. The molecule has 3 heterocycles. The van der Waals surface area contributed by atoms with E-state index in [-0.39, 0.29) is 5.91 Å². The summed E-state index contributed by atoms with van der Waals surface area (Å²) in [5, 5.41) is 8.49. The number of nitrogens with one attached hydrogen (secondary N) is 1. The molecule has 1 amide bonds. The van der Waals surface area contributed by atoms with Crippen molar-refractivity contribution < 1.29 is 9.53 Å². The molecule has 0 radical (unpaired) electrons. The smallest absolute Gasteiger partial charge is 0.255 e. The lowest BCUT2D eigenvalue weighted by atomic mass is 10.0. The molecule has 6 heteroatoms. The SMILES string of the molecule is O=C(c1cnc2ccccc2c1)N1CCc2[nH]nc(COc3ccccc3)c2C1. The molecular weight excluding hydrogens is 364 g/mol. The van der Waals surface area contributed by atoms with Crippen molar-refractivity contribution in [1.29, 1.82) is 0 Å². The number of amides is 1. The number of nitrogens with zero attached hydrogens (tertiary/aromatic N) is 3. The quantitative estimate of drug-likeness (QED) is 0.582. The highest BCUT2D eigenvalue weighted by Gasteiger charge is 2.26. The van der Waals surface area contributed by atoms with Gasteiger partial charge in [-0.25, -0.2) is 0 Å². The van der Waals surface area contributed by atoms with Crippen LogP contribution in [0.1, 0.15) is 27.3 Å². The van der Waals surface area contributed by atoms with Gasteiger partial charge in [0.2, 0.25) is 0 Å². The first-order valence-corrected chi connectivity index (χ1v) is 9.65. The molecule has 0 fully saturated rings. The number of aromatic nitrogens is 3. The first-order chi connectivity index (χ1) is 14.3. The molecule has 2 aromatic carbocycles. The fourth-order valence-corrected chi connectivity index (χ4v) is 3.69. The van der Waals surface area contributed by atoms with E-state index in [2.05, 4.69) is 15.2 Å². The lowest BCUT2D eigenvalue weighted by Crippen LogP contribution is -2.36. The molecule has 1 aliphatic heterocycles. The molecule has 1 N–H and O–H groups in total. The van der Waals surface area contributed by atoms with Gasteiger partial charge in [0.05, 0.1) is 11.1 Å². The Morgan fingerprint density at radius 3 is 2.83 bits per heavy atom. The minimum absolute atomic E-state index is 0.00923. The summed E-state index contributed by atoms with van der Waals surface area (Å²) in [6.07, 6.45) is 2.41. The molecule has 0 aliphatic carbocycles. The van der Waals surface area contributed by atoms with Gasteiger partial charge in [-0.1, -0.05) is 36.4 Å². The average Bonchev–Trinajstić information content (AvgIpc) is 3.20. The van der Waals surface area contributed by atoms with E-state index in [1.54, 1.807) is 6.20 Å². The Labute approximate surface area is 168 Å². The second-order valence-corrected chi connectivity index (χ2v) is 7.12. The molecule has 2 aromatic heterocycles. The van der Waals surface area contributed by atoms with Crippen molar-refractivity contribution in [2.45, 2.75) is 19.6 Å². The maximum Gasteiger partial charge on any atom is 0.255 e. The predicted octanol–water partition coefficient (Wildman–Crippen LogP) is 3.74. The number of pyridine rings is 1. The maximum atomic E-state index is 13.1. The molecule has 0 unspecified atom stereocenters. The van der Waals surface area contributed by atoms with E-state index < -0.39 is 0 Å². The molecule has 144 valence electrons. The van der Waals surface area contributed by atoms with Crippen molar-refractivity contribution in [3.05, 3.63) is 89.4 Å². The van der Waals surface area contributed by atoms with E-state index in [4.69, 9.17) is 4.74 Å². The number of fused-ring (bicyclic) bond motifs is 2. The molecule has 0 saturated heterocycles. The van der Waals surface area contributed by atoms with Crippen LogP contribution in [0.25, 0.3) is 10.9 Å². The lowest BCUT2D eigenvalue weighted by molar-refractivity contribution is 0.0733. The van der Waals surface area contributed by atoms with Crippen molar-refractivity contribution in [1.82, 2.24) is 20.1 Å². The van der Waals surface area contributed by atoms with Crippen LogP contribution in [-0.4, -0.2) is 32.5 Å². The van der Waals surface area contributed by atoms with Gasteiger partial charge in [0.15, 0.2) is 0 Å². The standard InChI is InChI=1S/C23H20N4O2/c28-23(17-12-16-6-4-5-9-20(16)24-13-17)27-11-10-21-19(14-27)22(26-25-21)15-29-18-7-2-1-3-8-18/h1-9,12-13H,10-11,14-15H2,(H,25,26). The Morgan fingerprint density at radius 1 is 1.10 bits per heavy atom. The van der Waals surface area contributed by atoms with Crippen molar-refractivity contribution in [2.24, 2.45) is 0 Å². The zero-order valence-corrected chi connectivity index (χ0v) is 15.8. The normalized spacial score (nSPS) is 13.3. The second kappa shape index (κ2) is 7.39. The van der Waals surface area contributed by atoms with E-state index in [1.165, 1.54) is 0 Å². The number of carbonyl (C=O) groups is 1. The number of H-pyrrole nitrogens is 1. The molecule has 5 rings (SSSR count). The van der Waals surface area contributed by atoms with Crippen molar-refractivity contribution in [2.75, 3.05) is 6.54 Å². The molecule has 0 spiro atoms. The Balaban J connectivity index is 1.34. The summed E-state index contributed by atoms with van der Waals surface area (Å²) >= 11 is 0. The Bertz CT molecular complexity index is 1170. The van der Waals surface area contributed by atoms with E-state index in [1.807, 2.05) is 65.6 Å². The number of hydrogen-bond donors (Lipinski definition) is 1. The van der Waals surface area contributed by atoms with Gasteiger partial charge in [-0.3, -0.25) is 14.9 Å². The predicted molar refractivity (Wildman–Crippen MR) is 110 cm³/mol. The van der Waals surface area contributed by atoms with Crippen molar-refractivity contribution in [3.8, 4) is 5.75 Å². The molecule has 29 heavy (non-hydrogen) atoms. The number of para-hydroxylation sites is 2. The second-order valence-electron chi connectivity index (χ2n) is 7.12. The summed E-state index contributed by atoms with van der Waals surface area (Å²) in [4.78, 5) is 19.4. The van der Waals surface area contributed by atoms with Gasteiger partial charge >= 0.3 is 0 Å². The summed E-state index contributed by atoms with van der Waals surface area (Å²) < 4.78 is 5.85. The topological polar surface area (TPSA) is 71.1 Å². The van der Waals surface area contributed by atoms with Gasteiger partial charge in [-0.05, 0) is 24.3 Å². The first-order valence-electron chi connectivity index (χ1n) is 9.65. The first kappa shape index (κ1) is 17.4. The Kier molecular flexibility index (Phi) is 4.44. The van der Waals surface area contributed by atoms with Gasteiger partial charge in [0.1, 0.15) is 18.1 Å². The van der Waals surface area contributed by atoms with Gasteiger partial charge in [0.25, 0.3) is 5.91 Å². The van der Waals surface area contributed by atoms with Crippen LogP contribution in [0.15, 0.2) is 66.9 Å². The molecule has 6 nitrogen and oxygen atoms in total. The number of ether oxygens (including phenoxy) is 1. The van der Waals surface area contributed by atoms with Crippen LogP contribution in [0.2, 0.25) is 0 Å². The highest BCUT2D eigenvalue weighted by Crippen LogP contribution is 2.24. The molecule has 0 bridgehead atoms. The van der Waals surface area contributed by atoms with Crippen LogP contribution in [0, 0.1) is 0 Å². The number of rotatable bonds is 4. The monoisotopic (exact) mass is 384 g/mol. The fraction of sp³-hybridized carbons (Fsp3) is 0.174. The van der Waals surface area contributed by atoms with Gasteiger partial charge < -0.3 is 9.64 Å². The van der Waals surface area contributed by atoms with E-state index >= 15 is 0 Å². The van der Waals surface area contributed by atoms with Crippen LogP contribution in [0.5, 0.6) is 5.75 Å². The highest BCUT2D eigenvalue weighted by atomic mass is 16.5. The Morgan fingerprint density at radius 2 is 1.93 bits per heavy atom. The van der Waals surface area contributed by atoms with Gasteiger partial charge in [-0.2, -0.15) is 5.10 Å². The van der Waals surface area contributed by atoms with Crippen molar-refractivity contribution >= 4 is 16.8 Å². The maximum absolute atomic E-state index is 13.1. The average molecular weight is 384 g/mol. The number of aromatic amines is 1. The molecule has 4 aromatic rings. The molecular formula is C23H20N4O2. The number of carbonyl (C=O) groups excluding carboxylic acids is 1. The summed E-state index contributed by atoms with van der Waals surface area (Å²) in [6, 6.07) is 19.4. The minimum atomic E-state index is -0.00923. The zero-order valence-electron chi connectivity index (χ0n) is 15.8. The molecule has 0 atom stereocenters. The Hall–Kier alpha value is -3.67. The zero-order chi connectivity index (χ0) is 19.6. The molecule has 0 saturated carbocycles. The van der Waals surface area contributed by atoms with Gasteiger partial charge in [-0.15, -0.1) is 0 Å². The summed E-state index contributed by atoms with van der Waals surface area (Å²) in [5.74, 6) is 0.792. The highest BCUT2D eigenvalue weighted by molar-refractivity contribution is 5.97. The lowest BCUT2D eigenvalue weighted by Gasteiger charge is -2.27. The summed E-state index contributed by atoms with van der Waals surface area (Å²) in [5.41, 5.74) is 4.47. The third kappa shape index (κ3) is 3.45. The van der Waals surface area contributed by atoms with E-state index in [0.29, 0.717) is 25.3 Å². The minimum Gasteiger partial charge on any atom is -0.487 e. The summed E-state index contributed by atoms with van der Waals surface area (Å²) in [7, 11) is 0. The van der Waals surface area contributed by atoms with Crippen LogP contribution in [0.3, 0.4) is 0 Å². The fourth-order valence-electron chi connectivity index (χ4n) is 3.69. The largest absolute Gasteiger partial charge is 0.487 e. The van der Waals surface area contributed by atoms with Crippen LogP contribution in [0.4, 0.5) is 0 Å². The summed E-state index contributed by atoms with van der Waals surface area (Å²) in [6.45, 7) is 1.54.